The molecule has 0 bridgehead atoms. The number of aliphatic hydroxyl groups is 5. The predicted octanol–water partition coefficient (Wildman–Crippen LogP) is -1.02. The summed E-state index contributed by atoms with van der Waals surface area (Å²) < 4.78 is 28.2. The first kappa shape index (κ1) is 33.4. The molecule has 9 N–H and O–H groups in total. The molecule has 242 valence electrons. The third-order valence-corrected chi connectivity index (χ3v) is 7.27. The minimum atomic E-state index is -1.77. The molecule has 0 aromatic heterocycles. The highest BCUT2D eigenvalue weighted by atomic mass is 16.7. The largest absolute Gasteiger partial charge is 0.504 e. The summed E-state index contributed by atoms with van der Waals surface area (Å²) >= 11 is 0. The van der Waals surface area contributed by atoms with E-state index in [2.05, 4.69) is 0 Å². The van der Waals surface area contributed by atoms with Crippen molar-refractivity contribution in [3.8, 4) is 23.0 Å². The summed E-state index contributed by atoms with van der Waals surface area (Å²) in [6, 6.07) is 7.98. The fraction of sp³-hybridized carbons (Fsp3) is 0.483. The van der Waals surface area contributed by atoms with Gasteiger partial charge in [0.05, 0.1) is 19.3 Å². The third-order valence-electron chi connectivity index (χ3n) is 7.27. The Labute approximate surface area is 251 Å². The zero-order valence-electron chi connectivity index (χ0n) is 23.5. The van der Waals surface area contributed by atoms with E-state index < -0.39 is 79.7 Å². The van der Waals surface area contributed by atoms with Gasteiger partial charge in [0.2, 0.25) is 0 Å². The molecule has 2 aliphatic heterocycles. The van der Waals surface area contributed by atoms with E-state index in [1.165, 1.54) is 43.3 Å². The standard InChI is InChI=1S/C29H36O15/c1-13-22(36)23(37)24(38)29(41-13)44-27-25(39)28(40-9-8-15-3-6-17(32)19(34)11-15)42-20(12-30)26(27)43-21(35)7-4-14-2-5-16(31)18(33)10-14/h2-7,10-11,13,20,22-34,36-39H,8-9,12H2,1H3/b7-4+/t13-,20-,22-,23+,24+,25+,26-,27+,28+,29-/m0/s1. The fourth-order valence-electron chi connectivity index (χ4n) is 4.76. The smallest absolute Gasteiger partial charge is 0.331 e. The zero-order valence-corrected chi connectivity index (χ0v) is 23.5. The van der Waals surface area contributed by atoms with Crippen molar-refractivity contribution in [2.45, 2.75) is 74.8 Å². The Morgan fingerprint density at radius 1 is 0.818 bits per heavy atom. The van der Waals surface area contributed by atoms with Gasteiger partial charge in [0.15, 0.2) is 41.7 Å². The predicted molar refractivity (Wildman–Crippen MR) is 147 cm³/mol. The van der Waals surface area contributed by atoms with Gasteiger partial charge < -0.3 is 69.6 Å². The number of ether oxygens (including phenoxy) is 5. The highest BCUT2D eigenvalue weighted by molar-refractivity contribution is 5.87. The van der Waals surface area contributed by atoms with Crippen molar-refractivity contribution in [1.82, 2.24) is 0 Å². The molecular weight excluding hydrogens is 588 g/mol. The van der Waals surface area contributed by atoms with Crippen LogP contribution in [0, 0.1) is 0 Å². The van der Waals surface area contributed by atoms with Gasteiger partial charge in [-0.25, -0.2) is 4.79 Å². The van der Waals surface area contributed by atoms with Crippen LogP contribution in [0.3, 0.4) is 0 Å². The van der Waals surface area contributed by atoms with Crippen LogP contribution in [0.4, 0.5) is 0 Å². The number of aromatic hydroxyl groups is 4. The van der Waals surface area contributed by atoms with Crippen molar-refractivity contribution in [2.24, 2.45) is 0 Å². The minimum Gasteiger partial charge on any atom is -0.504 e. The first-order valence-corrected chi connectivity index (χ1v) is 13.7. The number of phenols is 4. The van der Waals surface area contributed by atoms with E-state index >= 15 is 0 Å². The Morgan fingerprint density at radius 3 is 2.16 bits per heavy atom. The molecule has 2 heterocycles. The van der Waals surface area contributed by atoms with Gasteiger partial charge in [-0.15, -0.1) is 0 Å². The summed E-state index contributed by atoms with van der Waals surface area (Å²) in [6.07, 6.45) is -12.6. The third kappa shape index (κ3) is 7.76. The van der Waals surface area contributed by atoms with Crippen LogP contribution in [0.2, 0.25) is 0 Å². The maximum absolute atomic E-state index is 12.8. The normalized spacial score (nSPS) is 32.5. The first-order chi connectivity index (χ1) is 20.9. The minimum absolute atomic E-state index is 0.0754. The number of phenolic OH excluding ortho intramolecular Hbond substituents is 4. The number of hydrogen-bond acceptors (Lipinski definition) is 15. The summed E-state index contributed by atoms with van der Waals surface area (Å²) in [4.78, 5) is 12.8. The van der Waals surface area contributed by atoms with Crippen molar-refractivity contribution in [3.63, 3.8) is 0 Å². The Balaban J connectivity index is 1.52. The molecule has 4 rings (SSSR count). The van der Waals surface area contributed by atoms with E-state index in [9.17, 15) is 50.8 Å². The number of esters is 1. The average molecular weight is 625 g/mol. The van der Waals surface area contributed by atoms with Crippen molar-refractivity contribution in [1.29, 1.82) is 0 Å². The fourth-order valence-corrected chi connectivity index (χ4v) is 4.76. The summed E-state index contributed by atoms with van der Waals surface area (Å²) in [6.45, 7) is 0.606. The molecule has 0 saturated carbocycles. The molecule has 0 unspecified atom stereocenters. The van der Waals surface area contributed by atoms with Crippen molar-refractivity contribution >= 4 is 12.0 Å². The average Bonchev–Trinajstić information content (AvgIpc) is 2.99. The second-order valence-corrected chi connectivity index (χ2v) is 10.4. The number of rotatable bonds is 10. The van der Waals surface area contributed by atoms with Gasteiger partial charge in [0, 0.05) is 6.08 Å². The summed E-state index contributed by atoms with van der Waals surface area (Å²) in [7, 11) is 0. The molecular formula is C29H36O15. The SMILES string of the molecule is C[C@@H]1O[C@@H](O[C@@H]2[C@@H](O)[C@H](OCCc3ccc(O)c(O)c3)O[C@@H](CO)[C@@H]2OC(=O)/C=C/c2ccc(O)c(O)c2)[C@H](O)[C@H](O)[C@H]1O. The van der Waals surface area contributed by atoms with Crippen LogP contribution >= 0.6 is 0 Å². The molecule has 15 nitrogen and oxygen atoms in total. The second-order valence-electron chi connectivity index (χ2n) is 10.4. The Kier molecular flexibility index (Phi) is 11.0. The van der Waals surface area contributed by atoms with E-state index in [0.717, 1.165) is 6.08 Å². The Hall–Kier alpha value is -3.51. The van der Waals surface area contributed by atoms with Gasteiger partial charge in [-0.2, -0.15) is 0 Å². The number of carbonyl (C=O) groups is 1. The van der Waals surface area contributed by atoms with Crippen molar-refractivity contribution in [3.05, 3.63) is 53.6 Å². The molecule has 44 heavy (non-hydrogen) atoms. The monoisotopic (exact) mass is 624 g/mol. The Bertz CT molecular complexity index is 1300. The van der Waals surface area contributed by atoms with Crippen LogP contribution in [-0.4, -0.2) is 127 Å². The molecule has 0 amide bonds. The zero-order chi connectivity index (χ0) is 32.1. The maximum atomic E-state index is 12.8. The first-order valence-electron chi connectivity index (χ1n) is 13.7. The van der Waals surface area contributed by atoms with E-state index in [0.29, 0.717) is 11.1 Å². The topological polar surface area (TPSA) is 245 Å². The van der Waals surface area contributed by atoms with Crippen LogP contribution in [0.5, 0.6) is 23.0 Å². The van der Waals surface area contributed by atoms with E-state index in [1.807, 2.05) is 0 Å². The molecule has 2 fully saturated rings. The van der Waals surface area contributed by atoms with Crippen LogP contribution in [-0.2, 0) is 34.9 Å². The lowest BCUT2D eigenvalue weighted by Crippen LogP contribution is -2.65. The Morgan fingerprint density at radius 2 is 1.50 bits per heavy atom. The second kappa shape index (κ2) is 14.5. The van der Waals surface area contributed by atoms with Gasteiger partial charge in [-0.1, -0.05) is 12.1 Å². The molecule has 0 aliphatic carbocycles. The summed E-state index contributed by atoms with van der Waals surface area (Å²) in [5, 5.41) is 90.5. The molecule has 2 saturated heterocycles. The summed E-state index contributed by atoms with van der Waals surface area (Å²) in [5.41, 5.74) is 0.914. The van der Waals surface area contributed by atoms with E-state index in [4.69, 9.17) is 23.7 Å². The molecule has 2 aromatic carbocycles. The van der Waals surface area contributed by atoms with Crippen molar-refractivity contribution in [2.75, 3.05) is 13.2 Å². The number of benzene rings is 2. The number of hydrogen-bond donors (Lipinski definition) is 9. The van der Waals surface area contributed by atoms with Crippen LogP contribution in [0.15, 0.2) is 42.5 Å². The molecule has 0 spiro atoms. The molecule has 2 aliphatic rings. The van der Waals surface area contributed by atoms with Crippen LogP contribution in [0.25, 0.3) is 6.08 Å². The van der Waals surface area contributed by atoms with Gasteiger partial charge >= 0.3 is 5.97 Å². The molecule has 2 aromatic rings. The maximum Gasteiger partial charge on any atom is 0.331 e. The lowest BCUT2D eigenvalue weighted by molar-refractivity contribution is -0.357. The summed E-state index contributed by atoms with van der Waals surface area (Å²) in [5.74, 6) is -2.40. The lowest BCUT2D eigenvalue weighted by Gasteiger charge is -2.46. The molecule has 15 heteroatoms. The molecule has 0 radical (unpaired) electrons. The van der Waals surface area contributed by atoms with Gasteiger partial charge in [0.1, 0.15) is 36.6 Å². The highest BCUT2D eigenvalue weighted by Crippen LogP contribution is 2.32. The van der Waals surface area contributed by atoms with Gasteiger partial charge in [-0.05, 0) is 54.8 Å². The lowest BCUT2D eigenvalue weighted by atomic mass is 9.97. The van der Waals surface area contributed by atoms with E-state index in [-0.39, 0.29) is 30.3 Å². The van der Waals surface area contributed by atoms with Gasteiger partial charge in [0.25, 0.3) is 0 Å². The number of aliphatic hydroxyl groups excluding tert-OH is 5. The highest BCUT2D eigenvalue weighted by Gasteiger charge is 2.52. The van der Waals surface area contributed by atoms with Crippen LogP contribution in [0.1, 0.15) is 18.1 Å². The van der Waals surface area contributed by atoms with E-state index in [1.54, 1.807) is 6.07 Å². The van der Waals surface area contributed by atoms with Gasteiger partial charge in [-0.3, -0.25) is 0 Å². The van der Waals surface area contributed by atoms with Crippen LogP contribution < -0.4 is 0 Å². The van der Waals surface area contributed by atoms with Crippen molar-refractivity contribution < 1.29 is 74.4 Å². The quantitative estimate of drug-likeness (QED) is 0.0873. The molecule has 10 atom stereocenters. The number of carbonyl (C=O) groups excluding carboxylic acids is 1.